The molecule has 0 fully saturated rings. The molecule has 0 aliphatic heterocycles. The Balaban J connectivity index is 2.37. The molecule has 0 spiro atoms. The van der Waals surface area contributed by atoms with Crippen molar-refractivity contribution in [3.05, 3.63) is 51.4 Å². The molecular weight excluding hydrogens is 322 g/mol. The van der Waals surface area contributed by atoms with Crippen LogP contribution in [-0.4, -0.2) is 9.78 Å². The van der Waals surface area contributed by atoms with Crippen LogP contribution in [0.4, 0.5) is 0 Å². The number of rotatable bonds is 2. The lowest BCUT2D eigenvalue weighted by Gasteiger charge is -2.08. The molecule has 0 amide bonds. The van der Waals surface area contributed by atoms with Gasteiger partial charge in [-0.1, -0.05) is 30.3 Å². The summed E-state index contributed by atoms with van der Waals surface area (Å²) in [5.74, 6) is 0. The van der Waals surface area contributed by atoms with Gasteiger partial charge in [0.1, 0.15) is 3.70 Å². The van der Waals surface area contributed by atoms with Crippen molar-refractivity contribution in [1.29, 1.82) is 0 Å². The zero-order valence-corrected chi connectivity index (χ0v) is 11.1. The summed E-state index contributed by atoms with van der Waals surface area (Å²) in [5.41, 5.74) is 2.16. The molecule has 0 radical (unpaired) electrons. The third-order valence-corrected chi connectivity index (χ3v) is 4.07. The van der Waals surface area contributed by atoms with Gasteiger partial charge >= 0.3 is 0 Å². The fourth-order valence-electron chi connectivity index (χ4n) is 1.41. The lowest BCUT2D eigenvalue weighted by molar-refractivity contribution is 0.746. The number of halogens is 2. The predicted molar refractivity (Wildman–Crippen MR) is 70.1 cm³/mol. The summed E-state index contributed by atoms with van der Waals surface area (Å²) in [6.07, 6.45) is 1.83. The van der Waals surface area contributed by atoms with Gasteiger partial charge in [0.2, 0.25) is 0 Å². The van der Waals surface area contributed by atoms with E-state index in [-0.39, 0.29) is 5.38 Å². The van der Waals surface area contributed by atoms with Crippen LogP contribution in [0.2, 0.25) is 0 Å². The molecule has 2 rings (SSSR count). The van der Waals surface area contributed by atoms with Crippen LogP contribution >= 0.6 is 34.2 Å². The molecule has 1 unspecified atom stereocenters. The van der Waals surface area contributed by atoms with Crippen molar-refractivity contribution in [1.82, 2.24) is 9.78 Å². The Morgan fingerprint density at radius 1 is 1.33 bits per heavy atom. The van der Waals surface area contributed by atoms with Crippen LogP contribution in [-0.2, 0) is 7.05 Å². The first-order valence-corrected chi connectivity index (χ1v) is 6.08. The van der Waals surface area contributed by atoms with Crippen LogP contribution < -0.4 is 0 Å². The molecule has 4 heteroatoms. The molecule has 1 heterocycles. The molecule has 78 valence electrons. The Morgan fingerprint density at radius 3 is 2.53 bits per heavy atom. The van der Waals surface area contributed by atoms with E-state index in [1.807, 2.05) is 48.3 Å². The van der Waals surface area contributed by atoms with Crippen molar-refractivity contribution in [2.45, 2.75) is 5.38 Å². The van der Waals surface area contributed by atoms with Gasteiger partial charge < -0.3 is 0 Å². The topological polar surface area (TPSA) is 17.8 Å². The molecule has 2 nitrogen and oxygen atoms in total. The maximum absolute atomic E-state index is 6.39. The van der Waals surface area contributed by atoms with Gasteiger partial charge in [-0.2, -0.15) is 5.10 Å². The van der Waals surface area contributed by atoms with Gasteiger partial charge in [-0.25, -0.2) is 0 Å². The van der Waals surface area contributed by atoms with Gasteiger partial charge in [0, 0.05) is 12.6 Å². The Hall–Kier alpha value is -0.550. The highest BCUT2D eigenvalue weighted by molar-refractivity contribution is 14.1. The van der Waals surface area contributed by atoms with Gasteiger partial charge in [0.05, 0.1) is 11.6 Å². The molecule has 1 aromatic carbocycles. The highest BCUT2D eigenvalue weighted by Gasteiger charge is 2.16. The van der Waals surface area contributed by atoms with E-state index in [4.69, 9.17) is 11.6 Å². The monoisotopic (exact) mass is 332 g/mol. The molecule has 1 atom stereocenters. The molecule has 0 saturated carbocycles. The molecule has 15 heavy (non-hydrogen) atoms. The Morgan fingerprint density at radius 2 is 2.00 bits per heavy atom. The summed E-state index contributed by atoms with van der Waals surface area (Å²) in [7, 11) is 1.92. The van der Waals surface area contributed by atoms with E-state index in [0.717, 1.165) is 14.8 Å². The molecule has 0 saturated heterocycles. The van der Waals surface area contributed by atoms with Crippen molar-refractivity contribution < 1.29 is 0 Å². The van der Waals surface area contributed by atoms with Gasteiger partial charge in [-0.3, -0.25) is 4.68 Å². The number of aryl methyl sites for hydroxylation is 1. The van der Waals surface area contributed by atoms with Gasteiger partial charge in [-0.05, 0) is 28.2 Å². The molecule has 0 N–H and O–H groups in total. The predicted octanol–water partition coefficient (Wildman–Crippen LogP) is 3.35. The minimum Gasteiger partial charge on any atom is -0.262 e. The first kappa shape index (κ1) is 11.0. The van der Waals surface area contributed by atoms with Crippen molar-refractivity contribution in [2.24, 2.45) is 7.05 Å². The number of hydrogen-bond acceptors (Lipinski definition) is 1. The van der Waals surface area contributed by atoms with E-state index >= 15 is 0 Å². The maximum atomic E-state index is 6.39. The largest absolute Gasteiger partial charge is 0.262 e. The Bertz CT molecular complexity index is 453. The fourth-order valence-corrected chi connectivity index (χ4v) is 2.48. The van der Waals surface area contributed by atoms with E-state index < -0.39 is 0 Å². The minimum absolute atomic E-state index is 0.119. The number of alkyl halides is 1. The van der Waals surface area contributed by atoms with Crippen molar-refractivity contribution in [2.75, 3.05) is 0 Å². The zero-order chi connectivity index (χ0) is 10.8. The van der Waals surface area contributed by atoms with Crippen LogP contribution in [0.1, 0.15) is 16.5 Å². The SMILES string of the molecule is Cn1ncc(C(Cl)c2ccccc2)c1I. The van der Waals surface area contributed by atoms with E-state index in [9.17, 15) is 0 Å². The summed E-state index contributed by atoms with van der Waals surface area (Å²) >= 11 is 8.65. The quantitative estimate of drug-likeness (QED) is 0.609. The zero-order valence-electron chi connectivity index (χ0n) is 8.19. The molecule has 0 aliphatic rings. The smallest absolute Gasteiger partial charge is 0.104 e. The standard InChI is InChI=1S/C11H10ClIN2/c1-15-11(13)9(7-14-15)10(12)8-5-3-2-4-6-8/h2-7,10H,1H3. The number of nitrogens with zero attached hydrogens (tertiary/aromatic N) is 2. The van der Waals surface area contributed by atoms with Crippen LogP contribution in [0.25, 0.3) is 0 Å². The second kappa shape index (κ2) is 4.53. The van der Waals surface area contributed by atoms with Crippen LogP contribution in [0.15, 0.2) is 36.5 Å². The van der Waals surface area contributed by atoms with Gasteiger partial charge in [0.15, 0.2) is 0 Å². The van der Waals surface area contributed by atoms with Crippen LogP contribution in [0.3, 0.4) is 0 Å². The van der Waals surface area contributed by atoms with Crippen molar-refractivity contribution >= 4 is 34.2 Å². The number of benzene rings is 1. The van der Waals surface area contributed by atoms with E-state index in [1.54, 1.807) is 0 Å². The van der Waals surface area contributed by atoms with Crippen molar-refractivity contribution in [3.8, 4) is 0 Å². The molecule has 0 aliphatic carbocycles. The third kappa shape index (κ3) is 2.18. The fraction of sp³-hybridized carbons (Fsp3) is 0.182. The van der Waals surface area contributed by atoms with Crippen molar-refractivity contribution in [3.63, 3.8) is 0 Å². The molecule has 2 aromatic rings. The van der Waals surface area contributed by atoms with Crippen LogP contribution in [0, 0.1) is 3.70 Å². The van der Waals surface area contributed by atoms with E-state index in [1.165, 1.54) is 0 Å². The number of aromatic nitrogens is 2. The van der Waals surface area contributed by atoms with Gasteiger partial charge in [-0.15, -0.1) is 11.6 Å². The van der Waals surface area contributed by atoms with Gasteiger partial charge in [0.25, 0.3) is 0 Å². The minimum atomic E-state index is -0.119. The first-order chi connectivity index (χ1) is 7.20. The first-order valence-electron chi connectivity index (χ1n) is 4.56. The average molecular weight is 333 g/mol. The normalized spacial score (nSPS) is 12.7. The highest BCUT2D eigenvalue weighted by Crippen LogP contribution is 2.31. The third-order valence-electron chi connectivity index (χ3n) is 2.26. The summed E-state index contributed by atoms with van der Waals surface area (Å²) < 4.78 is 2.91. The lowest BCUT2D eigenvalue weighted by atomic mass is 10.1. The molecular formula is C11H10ClIN2. The Labute approximate surface area is 107 Å². The lowest BCUT2D eigenvalue weighted by Crippen LogP contribution is -1.97. The summed E-state index contributed by atoms with van der Waals surface area (Å²) in [4.78, 5) is 0. The second-order valence-corrected chi connectivity index (χ2v) is 4.75. The van der Waals surface area contributed by atoms with Crippen LogP contribution in [0.5, 0.6) is 0 Å². The second-order valence-electron chi connectivity index (χ2n) is 3.29. The Kier molecular flexibility index (Phi) is 3.31. The molecule has 1 aromatic heterocycles. The van der Waals surface area contributed by atoms with E-state index in [0.29, 0.717) is 0 Å². The molecule has 0 bridgehead atoms. The van der Waals surface area contributed by atoms with E-state index in [2.05, 4.69) is 27.7 Å². The number of hydrogen-bond donors (Lipinski definition) is 0. The summed E-state index contributed by atoms with van der Waals surface area (Å²) in [5, 5.41) is 4.07. The summed E-state index contributed by atoms with van der Waals surface area (Å²) in [6.45, 7) is 0. The highest BCUT2D eigenvalue weighted by atomic mass is 127. The average Bonchev–Trinajstić information content (AvgIpc) is 2.60. The summed E-state index contributed by atoms with van der Waals surface area (Å²) in [6, 6.07) is 10.0. The maximum Gasteiger partial charge on any atom is 0.104 e.